The van der Waals surface area contributed by atoms with Crippen LogP contribution in [0.15, 0.2) is 11.9 Å². The third-order valence-corrected chi connectivity index (χ3v) is 4.86. The molecule has 0 aliphatic rings. The Hall–Kier alpha value is -0.110. The molecule has 0 heterocycles. The molecule has 0 aromatic carbocycles. The Morgan fingerprint density at radius 2 is 1.57 bits per heavy atom. The zero-order valence-electron chi connectivity index (χ0n) is 14.4. The SMILES string of the molecule is C/C=C/P(=O)(O)OCC(C)(C)CCCCCCCCCC. The highest BCUT2D eigenvalue weighted by Crippen LogP contribution is 2.45. The van der Waals surface area contributed by atoms with Crippen molar-refractivity contribution in [2.75, 3.05) is 6.61 Å². The lowest BCUT2D eigenvalue weighted by Crippen LogP contribution is -2.18. The van der Waals surface area contributed by atoms with Crippen molar-refractivity contribution in [3.05, 3.63) is 11.9 Å². The molecule has 0 radical (unpaired) electrons. The van der Waals surface area contributed by atoms with Crippen LogP contribution in [0.1, 0.15) is 85.5 Å². The second kappa shape index (κ2) is 11.5. The van der Waals surface area contributed by atoms with Crippen molar-refractivity contribution in [2.24, 2.45) is 5.41 Å². The first-order valence-corrected chi connectivity index (χ1v) is 10.1. The molecule has 4 heteroatoms. The smallest absolute Gasteiger partial charge is 0.321 e. The Morgan fingerprint density at radius 1 is 1.05 bits per heavy atom. The maximum Gasteiger partial charge on any atom is 0.351 e. The van der Waals surface area contributed by atoms with Crippen LogP contribution >= 0.6 is 7.60 Å². The van der Waals surface area contributed by atoms with Gasteiger partial charge in [0.15, 0.2) is 0 Å². The van der Waals surface area contributed by atoms with Crippen LogP contribution in [-0.2, 0) is 9.09 Å². The molecule has 126 valence electrons. The average Bonchev–Trinajstić information content (AvgIpc) is 2.40. The number of hydrogen-bond donors (Lipinski definition) is 1. The Bertz CT molecular complexity index is 324. The highest BCUT2D eigenvalue weighted by molar-refractivity contribution is 7.56. The number of hydrogen-bond acceptors (Lipinski definition) is 2. The van der Waals surface area contributed by atoms with Crippen LogP contribution in [0.5, 0.6) is 0 Å². The van der Waals surface area contributed by atoms with Crippen LogP contribution < -0.4 is 0 Å². The van der Waals surface area contributed by atoms with E-state index in [4.69, 9.17) is 4.52 Å². The first-order valence-electron chi connectivity index (χ1n) is 8.44. The van der Waals surface area contributed by atoms with E-state index in [-0.39, 0.29) is 5.41 Å². The van der Waals surface area contributed by atoms with Gasteiger partial charge in [-0.3, -0.25) is 4.57 Å². The lowest BCUT2D eigenvalue weighted by Gasteiger charge is -2.25. The number of allylic oxidation sites excluding steroid dienone is 1. The average molecular weight is 318 g/mol. The lowest BCUT2D eigenvalue weighted by atomic mass is 9.88. The van der Waals surface area contributed by atoms with Gasteiger partial charge in [0.05, 0.1) is 6.61 Å². The standard InChI is InChI=1S/C17H35O3P/c1-5-7-8-9-10-11-12-13-14-17(3,4)16-20-21(18,19)15-6-2/h6,15H,5,7-14,16H2,1-4H3,(H,18,19)/b15-6+. The molecule has 0 saturated heterocycles. The van der Waals surface area contributed by atoms with Crippen molar-refractivity contribution < 1.29 is 14.0 Å². The van der Waals surface area contributed by atoms with Gasteiger partial charge in [-0.25, -0.2) is 0 Å². The topological polar surface area (TPSA) is 46.5 Å². The van der Waals surface area contributed by atoms with Gasteiger partial charge < -0.3 is 9.42 Å². The van der Waals surface area contributed by atoms with Gasteiger partial charge in [0.2, 0.25) is 0 Å². The second-order valence-corrected chi connectivity index (χ2v) is 8.39. The van der Waals surface area contributed by atoms with Crippen molar-refractivity contribution in [2.45, 2.75) is 85.5 Å². The van der Waals surface area contributed by atoms with E-state index in [1.165, 1.54) is 57.2 Å². The van der Waals surface area contributed by atoms with Gasteiger partial charge in [0, 0.05) is 5.82 Å². The van der Waals surface area contributed by atoms with Gasteiger partial charge in [-0.15, -0.1) is 0 Å². The van der Waals surface area contributed by atoms with Crippen LogP contribution in [0, 0.1) is 5.41 Å². The number of unbranched alkanes of at least 4 members (excludes halogenated alkanes) is 7. The van der Waals surface area contributed by atoms with Crippen molar-refractivity contribution in [1.82, 2.24) is 0 Å². The van der Waals surface area contributed by atoms with E-state index in [0.717, 1.165) is 6.42 Å². The Morgan fingerprint density at radius 3 is 2.10 bits per heavy atom. The van der Waals surface area contributed by atoms with E-state index in [2.05, 4.69) is 20.8 Å². The van der Waals surface area contributed by atoms with E-state index < -0.39 is 7.60 Å². The largest absolute Gasteiger partial charge is 0.351 e. The van der Waals surface area contributed by atoms with Crippen molar-refractivity contribution in [1.29, 1.82) is 0 Å². The fourth-order valence-electron chi connectivity index (χ4n) is 2.31. The molecule has 0 spiro atoms. The fraction of sp³-hybridized carbons (Fsp3) is 0.882. The van der Waals surface area contributed by atoms with E-state index in [0.29, 0.717) is 6.61 Å². The summed E-state index contributed by atoms with van der Waals surface area (Å²) in [7, 11) is -3.53. The van der Waals surface area contributed by atoms with Crippen molar-refractivity contribution in [3.63, 3.8) is 0 Å². The second-order valence-electron chi connectivity index (χ2n) is 6.71. The molecule has 0 fully saturated rings. The minimum atomic E-state index is -3.53. The highest BCUT2D eigenvalue weighted by Gasteiger charge is 2.23. The third kappa shape index (κ3) is 13.3. The quantitative estimate of drug-likeness (QED) is 0.321. The van der Waals surface area contributed by atoms with Gasteiger partial charge in [-0.1, -0.05) is 78.2 Å². The summed E-state index contributed by atoms with van der Waals surface area (Å²) in [5, 5.41) is 0. The van der Waals surface area contributed by atoms with Gasteiger partial charge in [-0.2, -0.15) is 0 Å². The summed E-state index contributed by atoms with van der Waals surface area (Å²) >= 11 is 0. The molecular weight excluding hydrogens is 283 g/mol. The van der Waals surface area contributed by atoms with Gasteiger partial charge in [-0.05, 0) is 18.8 Å². The summed E-state index contributed by atoms with van der Waals surface area (Å²) in [6.07, 6.45) is 13.1. The normalized spacial score (nSPS) is 15.5. The minimum absolute atomic E-state index is 0.0395. The van der Waals surface area contributed by atoms with Crippen molar-refractivity contribution in [3.8, 4) is 0 Å². The molecular formula is C17H35O3P. The van der Waals surface area contributed by atoms with Gasteiger partial charge in [0.25, 0.3) is 0 Å². The van der Waals surface area contributed by atoms with E-state index in [9.17, 15) is 9.46 Å². The summed E-state index contributed by atoms with van der Waals surface area (Å²) in [5.74, 6) is 1.25. The van der Waals surface area contributed by atoms with Crippen LogP contribution in [-0.4, -0.2) is 11.5 Å². The summed E-state index contributed by atoms with van der Waals surface area (Å²) in [5.41, 5.74) is -0.0395. The molecule has 0 bridgehead atoms. The zero-order valence-corrected chi connectivity index (χ0v) is 15.3. The molecule has 0 saturated carbocycles. The van der Waals surface area contributed by atoms with E-state index >= 15 is 0 Å². The Balaban J connectivity index is 3.71. The molecule has 0 amide bonds. The van der Waals surface area contributed by atoms with Gasteiger partial charge in [0.1, 0.15) is 0 Å². The Labute approximate surface area is 131 Å². The third-order valence-electron chi connectivity index (χ3n) is 3.68. The fourth-order valence-corrected chi connectivity index (χ4v) is 3.31. The van der Waals surface area contributed by atoms with Crippen molar-refractivity contribution >= 4 is 7.60 Å². The van der Waals surface area contributed by atoms with Crippen LogP contribution in [0.3, 0.4) is 0 Å². The molecule has 0 aromatic rings. The Kier molecular flexibility index (Phi) is 11.4. The first-order chi connectivity index (χ1) is 9.83. The summed E-state index contributed by atoms with van der Waals surface area (Å²) in [4.78, 5) is 9.54. The summed E-state index contributed by atoms with van der Waals surface area (Å²) < 4.78 is 16.8. The maximum atomic E-state index is 11.6. The van der Waals surface area contributed by atoms with Crippen LogP contribution in [0.25, 0.3) is 0 Å². The van der Waals surface area contributed by atoms with Gasteiger partial charge >= 0.3 is 7.60 Å². The maximum absolute atomic E-state index is 11.6. The molecule has 0 rings (SSSR count). The van der Waals surface area contributed by atoms with Crippen LogP contribution in [0.2, 0.25) is 0 Å². The molecule has 21 heavy (non-hydrogen) atoms. The van der Waals surface area contributed by atoms with E-state index in [1.54, 1.807) is 13.0 Å². The summed E-state index contributed by atoms with van der Waals surface area (Å²) in [6.45, 7) is 8.50. The minimum Gasteiger partial charge on any atom is -0.321 e. The molecule has 0 aliphatic heterocycles. The zero-order chi connectivity index (χ0) is 16.2. The summed E-state index contributed by atoms with van der Waals surface area (Å²) in [6, 6.07) is 0. The van der Waals surface area contributed by atoms with Crippen LogP contribution in [0.4, 0.5) is 0 Å². The first kappa shape index (κ1) is 20.9. The monoisotopic (exact) mass is 318 g/mol. The molecule has 0 aromatic heterocycles. The predicted molar refractivity (Wildman–Crippen MR) is 91.6 cm³/mol. The molecule has 1 N–H and O–H groups in total. The molecule has 3 nitrogen and oxygen atoms in total. The molecule has 0 aliphatic carbocycles. The number of rotatable bonds is 13. The molecule has 1 atom stereocenters. The molecule has 1 unspecified atom stereocenters. The van der Waals surface area contributed by atoms with E-state index in [1.807, 2.05) is 0 Å². The highest BCUT2D eigenvalue weighted by atomic mass is 31.2. The lowest BCUT2D eigenvalue weighted by molar-refractivity contribution is 0.152. The predicted octanol–water partition coefficient (Wildman–Crippen LogP) is 6.28.